The van der Waals surface area contributed by atoms with Gasteiger partial charge in [-0.25, -0.2) is 4.79 Å². The van der Waals surface area contributed by atoms with Crippen LogP contribution in [0, 0.1) is 0 Å². The molecule has 0 saturated carbocycles. The fourth-order valence-electron chi connectivity index (χ4n) is 3.13. The van der Waals surface area contributed by atoms with Crippen molar-refractivity contribution in [1.29, 1.82) is 0 Å². The maximum absolute atomic E-state index is 12.6. The van der Waals surface area contributed by atoms with Crippen LogP contribution in [0.1, 0.15) is 32.4 Å². The summed E-state index contributed by atoms with van der Waals surface area (Å²) in [5.41, 5.74) is 0.418. The lowest BCUT2D eigenvalue weighted by Gasteiger charge is -2.27. The van der Waals surface area contributed by atoms with Gasteiger partial charge in [0, 0.05) is 0 Å². The summed E-state index contributed by atoms with van der Waals surface area (Å²) >= 11 is 0. The first-order valence-electron chi connectivity index (χ1n) is 7.76. The molecule has 0 saturated heterocycles. The normalized spacial score (nSPS) is 17.2. The van der Waals surface area contributed by atoms with Gasteiger partial charge in [0.2, 0.25) is 6.79 Å². The van der Waals surface area contributed by atoms with Crippen LogP contribution in [0.5, 0.6) is 11.5 Å². The van der Waals surface area contributed by atoms with Gasteiger partial charge in [-0.2, -0.15) is 0 Å². The number of fused-ring (bicyclic) bond motifs is 2. The molecule has 26 heavy (non-hydrogen) atoms. The van der Waals surface area contributed by atoms with Crippen LogP contribution in [0.3, 0.4) is 0 Å². The van der Waals surface area contributed by atoms with Crippen molar-refractivity contribution in [1.82, 2.24) is 4.90 Å². The quantitative estimate of drug-likeness (QED) is 0.792. The summed E-state index contributed by atoms with van der Waals surface area (Å²) in [6, 6.07) is 8.70. The van der Waals surface area contributed by atoms with Crippen LogP contribution in [-0.4, -0.2) is 45.7 Å². The molecular weight excluding hydrogens is 342 g/mol. The van der Waals surface area contributed by atoms with E-state index in [1.165, 1.54) is 30.3 Å². The van der Waals surface area contributed by atoms with Gasteiger partial charge in [0.15, 0.2) is 17.5 Å². The van der Waals surface area contributed by atoms with Crippen LogP contribution >= 0.6 is 0 Å². The van der Waals surface area contributed by atoms with Gasteiger partial charge in [0.25, 0.3) is 11.8 Å². The van der Waals surface area contributed by atoms with Crippen LogP contribution in [0.4, 0.5) is 0 Å². The van der Waals surface area contributed by atoms with Gasteiger partial charge in [-0.15, -0.1) is 0 Å². The molecular formula is C18H13NO7. The summed E-state index contributed by atoms with van der Waals surface area (Å²) in [4.78, 5) is 37.5. The average molecular weight is 355 g/mol. The predicted octanol–water partition coefficient (Wildman–Crippen LogP) is 1.20. The Bertz CT molecular complexity index is 904. The van der Waals surface area contributed by atoms with Crippen molar-refractivity contribution in [2.45, 2.75) is 12.1 Å². The first kappa shape index (κ1) is 16.1. The second-order valence-electron chi connectivity index (χ2n) is 5.87. The average Bonchev–Trinajstić information content (AvgIpc) is 3.20. The van der Waals surface area contributed by atoms with Crippen LogP contribution in [-0.2, 0) is 4.79 Å². The summed E-state index contributed by atoms with van der Waals surface area (Å²) < 4.78 is 10.4. The number of carbonyl (C=O) groups excluding carboxylic acids is 2. The number of aliphatic hydroxyl groups is 1. The Hall–Kier alpha value is -3.39. The molecule has 2 atom stereocenters. The van der Waals surface area contributed by atoms with Gasteiger partial charge < -0.3 is 19.7 Å². The molecule has 0 bridgehead atoms. The first-order chi connectivity index (χ1) is 12.5. The monoisotopic (exact) mass is 355 g/mol. The minimum atomic E-state index is -1.78. The summed E-state index contributed by atoms with van der Waals surface area (Å²) in [7, 11) is 0. The number of nitrogens with zero attached hydrogens (tertiary/aromatic N) is 1. The second kappa shape index (κ2) is 5.85. The van der Waals surface area contributed by atoms with Crippen LogP contribution in [0.2, 0.25) is 0 Å². The molecule has 2 amide bonds. The third kappa shape index (κ3) is 2.31. The molecule has 2 aromatic carbocycles. The van der Waals surface area contributed by atoms with E-state index in [0.717, 1.165) is 0 Å². The van der Waals surface area contributed by atoms with E-state index in [1.807, 2.05) is 0 Å². The topological polar surface area (TPSA) is 113 Å². The van der Waals surface area contributed by atoms with E-state index in [0.29, 0.717) is 16.4 Å². The summed E-state index contributed by atoms with van der Waals surface area (Å²) in [5, 5.41) is 20.2. The molecule has 2 N–H and O–H groups in total. The Balaban J connectivity index is 1.72. The molecule has 2 heterocycles. The number of rotatable bonds is 4. The number of hydrogen-bond donors (Lipinski definition) is 2. The number of hydrogen-bond acceptors (Lipinski definition) is 6. The summed E-state index contributed by atoms with van der Waals surface area (Å²) in [5.74, 6) is -2.18. The fourth-order valence-corrected chi connectivity index (χ4v) is 3.13. The van der Waals surface area contributed by atoms with Gasteiger partial charge in [-0.1, -0.05) is 18.2 Å². The molecule has 2 aliphatic rings. The van der Waals surface area contributed by atoms with Crippen molar-refractivity contribution in [3.05, 3.63) is 59.2 Å². The standard InChI is InChI=1S/C18H13NO7/c20-15(9-5-6-12-13(7-9)26-8-25-12)14(18(23)24)19-16(21)10-3-1-2-4-11(10)17(19)22/h1-7,14-15,20H,8H2,(H,23,24)/t14-,15?/m0/s1. The highest BCUT2D eigenvalue weighted by molar-refractivity contribution is 6.22. The van der Waals surface area contributed by atoms with E-state index in [-0.39, 0.29) is 23.5 Å². The molecule has 0 aromatic heterocycles. The third-order valence-corrected chi connectivity index (χ3v) is 4.39. The van der Waals surface area contributed by atoms with E-state index in [1.54, 1.807) is 12.1 Å². The Morgan fingerprint density at radius 2 is 1.62 bits per heavy atom. The third-order valence-electron chi connectivity index (χ3n) is 4.39. The van der Waals surface area contributed by atoms with E-state index >= 15 is 0 Å². The number of ether oxygens (including phenoxy) is 2. The van der Waals surface area contributed by atoms with Gasteiger partial charge in [0.1, 0.15) is 6.10 Å². The van der Waals surface area contributed by atoms with Crippen LogP contribution < -0.4 is 9.47 Å². The van der Waals surface area contributed by atoms with E-state index < -0.39 is 29.9 Å². The van der Waals surface area contributed by atoms with Crippen molar-refractivity contribution in [2.24, 2.45) is 0 Å². The van der Waals surface area contributed by atoms with E-state index in [4.69, 9.17) is 9.47 Å². The lowest BCUT2D eigenvalue weighted by molar-refractivity contribution is -0.145. The first-order valence-corrected chi connectivity index (χ1v) is 7.76. The Morgan fingerprint density at radius 3 is 2.23 bits per heavy atom. The fraction of sp³-hybridized carbons (Fsp3) is 0.167. The smallest absolute Gasteiger partial charge is 0.330 e. The molecule has 0 fully saturated rings. The van der Waals surface area contributed by atoms with E-state index in [9.17, 15) is 24.6 Å². The highest BCUT2D eigenvalue weighted by atomic mass is 16.7. The minimum absolute atomic E-state index is 0.0235. The number of carbonyl (C=O) groups is 3. The van der Waals surface area contributed by atoms with Crippen molar-refractivity contribution in [3.8, 4) is 11.5 Å². The molecule has 2 aliphatic heterocycles. The molecule has 8 heteroatoms. The molecule has 8 nitrogen and oxygen atoms in total. The number of aliphatic carboxylic acids is 1. The second-order valence-corrected chi connectivity index (χ2v) is 5.87. The molecule has 0 radical (unpaired) electrons. The van der Waals surface area contributed by atoms with Crippen LogP contribution in [0.15, 0.2) is 42.5 Å². The van der Waals surface area contributed by atoms with Gasteiger partial charge in [-0.05, 0) is 29.8 Å². The maximum Gasteiger partial charge on any atom is 0.330 e. The zero-order valence-corrected chi connectivity index (χ0v) is 13.3. The number of carboxylic acid groups (broad SMARTS) is 1. The van der Waals surface area contributed by atoms with Crippen molar-refractivity contribution in [3.63, 3.8) is 0 Å². The zero-order chi connectivity index (χ0) is 18.4. The lowest BCUT2D eigenvalue weighted by Crippen LogP contribution is -2.48. The Kier molecular flexibility index (Phi) is 3.62. The maximum atomic E-state index is 12.6. The lowest BCUT2D eigenvalue weighted by atomic mass is 10.0. The summed E-state index contributed by atoms with van der Waals surface area (Å²) in [6.45, 7) is 0.0235. The zero-order valence-electron chi connectivity index (χ0n) is 13.3. The number of amides is 2. The Labute approximate surface area is 147 Å². The van der Waals surface area contributed by atoms with E-state index in [2.05, 4.69) is 0 Å². The van der Waals surface area contributed by atoms with Crippen molar-refractivity contribution >= 4 is 17.8 Å². The Morgan fingerprint density at radius 1 is 1.00 bits per heavy atom. The molecule has 0 spiro atoms. The van der Waals surface area contributed by atoms with Gasteiger partial charge in [-0.3, -0.25) is 14.5 Å². The van der Waals surface area contributed by atoms with Crippen molar-refractivity contribution < 1.29 is 34.1 Å². The molecule has 1 unspecified atom stereocenters. The number of carboxylic acids is 1. The highest BCUT2D eigenvalue weighted by Crippen LogP contribution is 2.36. The minimum Gasteiger partial charge on any atom is -0.480 e. The molecule has 132 valence electrons. The SMILES string of the molecule is O=C(O)[C@H](C(O)c1ccc2c(c1)OCO2)N1C(=O)c2ccccc2C1=O. The number of imide groups is 1. The molecule has 2 aromatic rings. The number of aliphatic hydroxyl groups excluding tert-OH is 1. The summed E-state index contributed by atoms with van der Waals surface area (Å²) in [6.07, 6.45) is -1.63. The molecule has 4 rings (SSSR count). The van der Waals surface area contributed by atoms with Crippen LogP contribution in [0.25, 0.3) is 0 Å². The predicted molar refractivity (Wildman–Crippen MR) is 85.9 cm³/mol. The molecule has 0 aliphatic carbocycles. The van der Waals surface area contributed by atoms with Gasteiger partial charge >= 0.3 is 5.97 Å². The largest absolute Gasteiger partial charge is 0.480 e. The number of benzene rings is 2. The highest BCUT2D eigenvalue weighted by Gasteiger charge is 2.46. The van der Waals surface area contributed by atoms with Gasteiger partial charge in [0.05, 0.1) is 11.1 Å². The van der Waals surface area contributed by atoms with Crippen molar-refractivity contribution in [2.75, 3.05) is 6.79 Å².